The third-order valence-corrected chi connectivity index (χ3v) is 6.03. The van der Waals surface area contributed by atoms with Crippen LogP contribution in [-0.2, 0) is 6.42 Å². The van der Waals surface area contributed by atoms with Crippen LogP contribution in [-0.4, -0.2) is 41.1 Å². The maximum Gasteiger partial charge on any atom is 0.292 e. The molecule has 1 amide bonds. The average Bonchev–Trinajstić information content (AvgIpc) is 3.56. The van der Waals surface area contributed by atoms with Crippen LogP contribution in [0, 0.1) is 5.82 Å². The predicted octanol–water partition coefficient (Wildman–Crippen LogP) is 5.09. The SMILES string of the molecule is COc1ccc(-c2cc(C(=O)N3CCC[C@H](c4ncc(Cc5ccc(F)cc5)o4)C3)on2)cc1. The largest absolute Gasteiger partial charge is 0.497 e. The fourth-order valence-electron chi connectivity index (χ4n) is 4.19. The summed E-state index contributed by atoms with van der Waals surface area (Å²) in [7, 11) is 1.61. The number of hydrogen-bond donors (Lipinski definition) is 0. The molecule has 3 heterocycles. The fraction of sp³-hybridized carbons (Fsp3) is 0.269. The molecule has 0 unspecified atom stereocenters. The van der Waals surface area contributed by atoms with Gasteiger partial charge in [-0.05, 0) is 54.8 Å². The minimum atomic E-state index is -0.267. The quantitative estimate of drug-likeness (QED) is 0.398. The summed E-state index contributed by atoms with van der Waals surface area (Å²) in [6.45, 7) is 1.13. The lowest BCUT2D eigenvalue weighted by molar-refractivity contribution is 0.0656. The van der Waals surface area contributed by atoms with Crippen molar-refractivity contribution in [1.29, 1.82) is 0 Å². The second-order valence-corrected chi connectivity index (χ2v) is 8.36. The van der Waals surface area contributed by atoms with Gasteiger partial charge in [-0.1, -0.05) is 17.3 Å². The Kier molecular flexibility index (Phi) is 6.12. The molecule has 0 spiro atoms. The summed E-state index contributed by atoms with van der Waals surface area (Å²) in [5.74, 6) is 1.82. The van der Waals surface area contributed by atoms with Crippen molar-refractivity contribution in [3.8, 4) is 17.0 Å². The van der Waals surface area contributed by atoms with E-state index < -0.39 is 0 Å². The second kappa shape index (κ2) is 9.51. The van der Waals surface area contributed by atoms with Crippen LogP contribution in [0.3, 0.4) is 0 Å². The van der Waals surface area contributed by atoms with Gasteiger partial charge < -0.3 is 18.6 Å². The van der Waals surface area contributed by atoms with E-state index in [1.165, 1.54) is 12.1 Å². The van der Waals surface area contributed by atoms with Gasteiger partial charge in [-0.2, -0.15) is 0 Å². The molecule has 34 heavy (non-hydrogen) atoms. The van der Waals surface area contributed by atoms with E-state index in [9.17, 15) is 9.18 Å². The maximum absolute atomic E-state index is 13.1. The van der Waals surface area contributed by atoms with E-state index in [0.717, 1.165) is 29.7 Å². The summed E-state index contributed by atoms with van der Waals surface area (Å²) in [6.07, 6.45) is 3.96. The summed E-state index contributed by atoms with van der Waals surface area (Å²) < 4.78 is 29.7. The molecule has 174 valence electrons. The molecule has 1 fully saturated rings. The minimum Gasteiger partial charge on any atom is -0.497 e. The third kappa shape index (κ3) is 4.71. The van der Waals surface area contributed by atoms with E-state index in [-0.39, 0.29) is 23.4 Å². The number of likely N-dealkylation sites (tertiary alicyclic amines) is 1. The number of nitrogens with zero attached hydrogens (tertiary/aromatic N) is 3. The molecule has 2 aromatic carbocycles. The standard InChI is InChI=1S/C26H24FN3O4/c1-32-21-10-6-18(7-11-21)23-14-24(34-29-23)26(31)30-12-2-3-19(16-30)25-28-15-22(33-25)13-17-4-8-20(27)9-5-17/h4-11,14-15,19H,2-3,12-13,16H2,1H3/t19-/m0/s1. The topological polar surface area (TPSA) is 81.6 Å². The van der Waals surface area contributed by atoms with Crippen molar-refractivity contribution in [2.45, 2.75) is 25.2 Å². The van der Waals surface area contributed by atoms with Gasteiger partial charge in [0.2, 0.25) is 5.76 Å². The van der Waals surface area contributed by atoms with Gasteiger partial charge in [0.25, 0.3) is 5.91 Å². The highest BCUT2D eigenvalue weighted by atomic mass is 19.1. The Labute approximate surface area is 196 Å². The smallest absolute Gasteiger partial charge is 0.292 e. The molecular formula is C26H24FN3O4. The highest BCUT2D eigenvalue weighted by molar-refractivity contribution is 5.92. The van der Waals surface area contributed by atoms with E-state index in [4.69, 9.17) is 13.7 Å². The van der Waals surface area contributed by atoms with Crippen molar-refractivity contribution in [1.82, 2.24) is 15.0 Å². The number of carbonyl (C=O) groups excluding carboxylic acids is 1. The van der Waals surface area contributed by atoms with Crippen molar-refractivity contribution in [2.75, 3.05) is 20.2 Å². The number of ether oxygens (including phenoxy) is 1. The van der Waals surface area contributed by atoms with Crippen molar-refractivity contribution in [2.24, 2.45) is 0 Å². The number of methoxy groups -OCH3 is 1. The molecule has 8 heteroatoms. The zero-order chi connectivity index (χ0) is 23.5. The molecule has 0 aliphatic carbocycles. The van der Waals surface area contributed by atoms with Gasteiger partial charge in [0, 0.05) is 31.1 Å². The lowest BCUT2D eigenvalue weighted by Gasteiger charge is -2.30. The first-order chi connectivity index (χ1) is 16.6. The molecule has 0 saturated carbocycles. The van der Waals surface area contributed by atoms with E-state index in [1.807, 2.05) is 24.3 Å². The van der Waals surface area contributed by atoms with Gasteiger partial charge in [0.05, 0.1) is 19.2 Å². The Morgan fingerprint density at radius 2 is 1.97 bits per heavy atom. The number of piperidine rings is 1. The normalized spacial score (nSPS) is 15.9. The maximum atomic E-state index is 13.1. The lowest BCUT2D eigenvalue weighted by Crippen LogP contribution is -2.39. The second-order valence-electron chi connectivity index (χ2n) is 8.36. The van der Waals surface area contributed by atoms with Crippen LogP contribution in [0.25, 0.3) is 11.3 Å². The Balaban J connectivity index is 1.24. The number of hydrogen-bond acceptors (Lipinski definition) is 6. The van der Waals surface area contributed by atoms with Crippen molar-refractivity contribution in [3.63, 3.8) is 0 Å². The van der Waals surface area contributed by atoms with Crippen molar-refractivity contribution in [3.05, 3.63) is 89.6 Å². The monoisotopic (exact) mass is 461 g/mol. The van der Waals surface area contributed by atoms with Gasteiger partial charge in [-0.15, -0.1) is 0 Å². The number of rotatable bonds is 6. The van der Waals surface area contributed by atoms with Crippen LogP contribution < -0.4 is 4.74 Å². The number of aromatic nitrogens is 2. The molecule has 1 aliphatic heterocycles. The molecule has 1 aliphatic rings. The molecule has 0 radical (unpaired) electrons. The molecule has 1 atom stereocenters. The first-order valence-corrected chi connectivity index (χ1v) is 11.2. The first-order valence-electron chi connectivity index (χ1n) is 11.2. The van der Waals surface area contributed by atoms with E-state index in [1.54, 1.807) is 36.4 Å². The Morgan fingerprint density at radius 1 is 1.18 bits per heavy atom. The third-order valence-electron chi connectivity index (χ3n) is 6.03. The van der Waals surface area contributed by atoms with Crippen LogP contribution in [0.4, 0.5) is 4.39 Å². The summed E-state index contributed by atoms with van der Waals surface area (Å²) in [4.78, 5) is 19.3. The molecule has 0 N–H and O–H groups in total. The first kappa shape index (κ1) is 21.9. The Hall–Kier alpha value is -3.94. The molecule has 2 aromatic heterocycles. The van der Waals surface area contributed by atoms with Crippen molar-refractivity contribution >= 4 is 5.91 Å². The van der Waals surface area contributed by atoms with E-state index in [2.05, 4.69) is 10.1 Å². The fourth-order valence-corrected chi connectivity index (χ4v) is 4.19. The summed E-state index contributed by atoms with van der Waals surface area (Å²) in [5, 5.41) is 4.07. The number of oxazole rings is 1. The van der Waals surface area contributed by atoms with Crippen LogP contribution >= 0.6 is 0 Å². The number of benzene rings is 2. The summed E-state index contributed by atoms with van der Waals surface area (Å²) in [5.41, 5.74) is 2.38. The Bertz CT molecular complexity index is 1260. The zero-order valence-corrected chi connectivity index (χ0v) is 18.7. The van der Waals surface area contributed by atoms with Crippen molar-refractivity contribution < 1.29 is 22.9 Å². The van der Waals surface area contributed by atoms with E-state index >= 15 is 0 Å². The molecule has 0 bridgehead atoms. The minimum absolute atomic E-state index is 0.00338. The highest BCUT2D eigenvalue weighted by Gasteiger charge is 2.30. The highest BCUT2D eigenvalue weighted by Crippen LogP contribution is 2.29. The summed E-state index contributed by atoms with van der Waals surface area (Å²) in [6, 6.07) is 15.4. The molecular weight excluding hydrogens is 437 g/mol. The number of amides is 1. The Morgan fingerprint density at radius 3 is 2.74 bits per heavy atom. The van der Waals surface area contributed by atoms with Crippen LogP contribution in [0.15, 0.2) is 69.7 Å². The predicted molar refractivity (Wildman–Crippen MR) is 122 cm³/mol. The zero-order valence-electron chi connectivity index (χ0n) is 18.7. The molecule has 1 saturated heterocycles. The van der Waals surface area contributed by atoms with Gasteiger partial charge in [-0.25, -0.2) is 9.37 Å². The van der Waals surface area contributed by atoms with E-state index in [0.29, 0.717) is 36.9 Å². The van der Waals surface area contributed by atoms with Gasteiger partial charge >= 0.3 is 0 Å². The van der Waals surface area contributed by atoms with Crippen LogP contribution in [0.2, 0.25) is 0 Å². The van der Waals surface area contributed by atoms with Crippen LogP contribution in [0.1, 0.15) is 46.5 Å². The number of carbonyl (C=O) groups is 1. The number of halogens is 1. The summed E-state index contributed by atoms with van der Waals surface area (Å²) >= 11 is 0. The molecule has 7 nitrogen and oxygen atoms in total. The molecule has 4 aromatic rings. The van der Waals surface area contributed by atoms with Gasteiger partial charge in [0.15, 0.2) is 5.89 Å². The van der Waals surface area contributed by atoms with Crippen LogP contribution in [0.5, 0.6) is 5.75 Å². The molecule has 5 rings (SSSR count). The van der Waals surface area contributed by atoms with Gasteiger partial charge in [-0.3, -0.25) is 4.79 Å². The van der Waals surface area contributed by atoms with Gasteiger partial charge in [0.1, 0.15) is 23.0 Å². The average molecular weight is 461 g/mol. The lowest BCUT2D eigenvalue weighted by atomic mass is 9.97.